The third-order valence-corrected chi connectivity index (χ3v) is 8.01. The second-order valence-corrected chi connectivity index (χ2v) is 10.1. The smallest absolute Gasteiger partial charge is 0.231 e. The zero-order chi connectivity index (χ0) is 19.4. The van der Waals surface area contributed by atoms with E-state index in [1.54, 1.807) is 4.31 Å². The zero-order valence-corrected chi connectivity index (χ0v) is 17.1. The van der Waals surface area contributed by atoms with Gasteiger partial charge in [0.2, 0.25) is 15.9 Å². The SMILES string of the molecule is O=S(=O)(CC1CCCCC1)N1CCCC[C@H]1c1noc(Cc2ccccc2)n1. The lowest BCUT2D eigenvalue weighted by molar-refractivity contribution is 0.237. The van der Waals surface area contributed by atoms with Crippen LogP contribution < -0.4 is 0 Å². The molecule has 0 unspecified atom stereocenters. The second-order valence-electron chi connectivity index (χ2n) is 8.11. The van der Waals surface area contributed by atoms with E-state index < -0.39 is 10.0 Å². The average molecular weight is 404 g/mol. The van der Waals surface area contributed by atoms with E-state index in [0.717, 1.165) is 50.5 Å². The Balaban J connectivity index is 1.49. The van der Waals surface area contributed by atoms with Crippen molar-refractivity contribution in [1.82, 2.24) is 14.4 Å². The molecule has 0 radical (unpaired) electrons. The Morgan fingerprint density at radius 1 is 1.00 bits per heavy atom. The van der Waals surface area contributed by atoms with Gasteiger partial charge in [0.15, 0.2) is 5.82 Å². The Morgan fingerprint density at radius 3 is 2.54 bits per heavy atom. The molecule has 0 bridgehead atoms. The van der Waals surface area contributed by atoms with Gasteiger partial charge in [-0.1, -0.05) is 61.2 Å². The van der Waals surface area contributed by atoms with Crippen LogP contribution >= 0.6 is 0 Å². The number of benzene rings is 1. The number of hydrogen-bond donors (Lipinski definition) is 0. The van der Waals surface area contributed by atoms with E-state index in [-0.39, 0.29) is 11.8 Å². The Bertz CT molecular complexity index is 860. The third-order valence-electron chi connectivity index (χ3n) is 5.96. The van der Waals surface area contributed by atoms with Gasteiger partial charge in [-0.15, -0.1) is 0 Å². The minimum atomic E-state index is -3.32. The van der Waals surface area contributed by atoms with Crippen molar-refractivity contribution in [3.05, 3.63) is 47.6 Å². The molecule has 1 aliphatic heterocycles. The monoisotopic (exact) mass is 403 g/mol. The van der Waals surface area contributed by atoms with Crippen LogP contribution in [0, 0.1) is 5.92 Å². The van der Waals surface area contributed by atoms with Crippen molar-refractivity contribution in [2.45, 2.75) is 63.8 Å². The van der Waals surface area contributed by atoms with Crippen LogP contribution in [0.15, 0.2) is 34.9 Å². The van der Waals surface area contributed by atoms with Crippen LogP contribution in [0.25, 0.3) is 0 Å². The van der Waals surface area contributed by atoms with Gasteiger partial charge in [-0.05, 0) is 37.2 Å². The number of rotatable bonds is 6. The summed E-state index contributed by atoms with van der Waals surface area (Å²) in [5.41, 5.74) is 1.10. The molecular formula is C21H29N3O3S. The number of nitrogens with zero attached hydrogens (tertiary/aromatic N) is 3. The van der Waals surface area contributed by atoms with Gasteiger partial charge >= 0.3 is 0 Å². The van der Waals surface area contributed by atoms with Gasteiger partial charge in [0, 0.05) is 6.54 Å². The summed E-state index contributed by atoms with van der Waals surface area (Å²) in [6.45, 7) is 0.558. The number of piperidine rings is 1. The fourth-order valence-electron chi connectivity index (χ4n) is 4.49. The molecular weight excluding hydrogens is 374 g/mol. The molecule has 0 spiro atoms. The first-order chi connectivity index (χ1) is 13.6. The molecule has 0 N–H and O–H groups in total. The van der Waals surface area contributed by atoms with E-state index in [4.69, 9.17) is 4.52 Å². The highest BCUT2D eigenvalue weighted by Crippen LogP contribution is 2.34. The molecule has 1 aromatic carbocycles. The van der Waals surface area contributed by atoms with Gasteiger partial charge in [0.1, 0.15) is 0 Å². The first-order valence-electron chi connectivity index (χ1n) is 10.5. The molecule has 1 saturated carbocycles. The van der Waals surface area contributed by atoms with Crippen LogP contribution in [0.1, 0.15) is 74.7 Å². The summed E-state index contributed by atoms with van der Waals surface area (Å²) in [5.74, 6) is 1.60. The summed E-state index contributed by atoms with van der Waals surface area (Å²) >= 11 is 0. The minimum Gasteiger partial charge on any atom is -0.339 e. The van der Waals surface area contributed by atoms with Crippen molar-refractivity contribution in [1.29, 1.82) is 0 Å². The van der Waals surface area contributed by atoms with Crippen molar-refractivity contribution in [3.8, 4) is 0 Å². The van der Waals surface area contributed by atoms with Crippen LogP contribution in [-0.2, 0) is 16.4 Å². The first-order valence-corrected chi connectivity index (χ1v) is 12.1. The molecule has 6 nitrogen and oxygen atoms in total. The molecule has 1 aromatic heterocycles. The quantitative estimate of drug-likeness (QED) is 0.726. The average Bonchev–Trinajstić information content (AvgIpc) is 3.18. The van der Waals surface area contributed by atoms with E-state index in [9.17, 15) is 8.42 Å². The molecule has 1 saturated heterocycles. The normalized spacial score (nSPS) is 22.4. The Labute approximate surface area is 167 Å². The largest absolute Gasteiger partial charge is 0.339 e. The summed E-state index contributed by atoms with van der Waals surface area (Å²) in [6, 6.07) is 9.67. The van der Waals surface area contributed by atoms with Gasteiger partial charge in [-0.2, -0.15) is 9.29 Å². The van der Waals surface area contributed by atoms with Crippen LogP contribution in [0.3, 0.4) is 0 Å². The topological polar surface area (TPSA) is 76.3 Å². The molecule has 152 valence electrons. The maximum absolute atomic E-state index is 13.2. The molecule has 2 aliphatic rings. The molecule has 4 rings (SSSR count). The van der Waals surface area contributed by atoms with Crippen LogP contribution in [-0.4, -0.2) is 35.2 Å². The predicted molar refractivity (Wildman–Crippen MR) is 107 cm³/mol. The molecule has 7 heteroatoms. The van der Waals surface area contributed by atoms with Crippen molar-refractivity contribution in [2.24, 2.45) is 5.92 Å². The van der Waals surface area contributed by atoms with E-state index in [0.29, 0.717) is 30.6 Å². The molecule has 28 heavy (non-hydrogen) atoms. The van der Waals surface area contributed by atoms with Crippen molar-refractivity contribution in [2.75, 3.05) is 12.3 Å². The highest BCUT2D eigenvalue weighted by Gasteiger charge is 2.37. The van der Waals surface area contributed by atoms with E-state index >= 15 is 0 Å². The molecule has 0 amide bonds. The minimum absolute atomic E-state index is 0.262. The van der Waals surface area contributed by atoms with E-state index in [2.05, 4.69) is 10.1 Å². The van der Waals surface area contributed by atoms with Crippen molar-refractivity contribution in [3.63, 3.8) is 0 Å². The molecule has 2 fully saturated rings. The van der Waals surface area contributed by atoms with Gasteiger partial charge in [0.25, 0.3) is 0 Å². The van der Waals surface area contributed by atoms with Gasteiger partial charge in [-0.3, -0.25) is 0 Å². The fourth-order valence-corrected chi connectivity index (χ4v) is 6.60. The Hall–Kier alpha value is -1.73. The summed E-state index contributed by atoms with van der Waals surface area (Å²) in [4.78, 5) is 4.56. The van der Waals surface area contributed by atoms with E-state index in [1.165, 1.54) is 6.42 Å². The fraction of sp³-hybridized carbons (Fsp3) is 0.619. The van der Waals surface area contributed by atoms with Gasteiger partial charge < -0.3 is 4.52 Å². The first kappa shape index (κ1) is 19.6. The second kappa shape index (κ2) is 8.74. The highest BCUT2D eigenvalue weighted by atomic mass is 32.2. The van der Waals surface area contributed by atoms with Gasteiger partial charge in [0.05, 0.1) is 18.2 Å². The molecule has 2 aromatic rings. The summed E-state index contributed by atoms with van der Waals surface area (Å²) in [5, 5.41) is 4.15. The van der Waals surface area contributed by atoms with Crippen LogP contribution in [0.4, 0.5) is 0 Å². The third kappa shape index (κ3) is 4.63. The van der Waals surface area contributed by atoms with Crippen molar-refractivity contribution >= 4 is 10.0 Å². The molecule has 1 aliphatic carbocycles. The van der Waals surface area contributed by atoms with Crippen LogP contribution in [0.2, 0.25) is 0 Å². The summed E-state index contributed by atoms with van der Waals surface area (Å²) in [6.07, 6.45) is 8.80. The standard InChI is InChI=1S/C21H29N3O3S/c25-28(26,16-18-11-5-2-6-12-18)24-14-8-7-13-19(24)21-22-20(27-23-21)15-17-9-3-1-4-10-17/h1,3-4,9-10,18-19H,2,5-8,11-16H2/t19-/m0/s1. The van der Waals surface area contributed by atoms with E-state index in [1.807, 2.05) is 30.3 Å². The van der Waals surface area contributed by atoms with Gasteiger partial charge in [-0.25, -0.2) is 8.42 Å². The zero-order valence-electron chi connectivity index (χ0n) is 16.3. The lowest BCUT2D eigenvalue weighted by Gasteiger charge is -2.34. The predicted octanol–water partition coefficient (Wildman–Crippen LogP) is 4.10. The lowest BCUT2D eigenvalue weighted by atomic mass is 9.91. The highest BCUT2D eigenvalue weighted by molar-refractivity contribution is 7.89. The molecule has 2 heterocycles. The summed E-state index contributed by atoms with van der Waals surface area (Å²) in [7, 11) is -3.32. The number of sulfonamides is 1. The Kier molecular flexibility index (Phi) is 6.11. The molecule has 1 atom stereocenters. The number of aromatic nitrogens is 2. The lowest BCUT2D eigenvalue weighted by Crippen LogP contribution is -2.41. The Morgan fingerprint density at radius 2 is 1.75 bits per heavy atom. The van der Waals surface area contributed by atoms with Crippen molar-refractivity contribution < 1.29 is 12.9 Å². The maximum Gasteiger partial charge on any atom is 0.231 e. The number of hydrogen-bond acceptors (Lipinski definition) is 5. The summed E-state index contributed by atoms with van der Waals surface area (Å²) < 4.78 is 33.5. The maximum atomic E-state index is 13.2. The van der Waals surface area contributed by atoms with Crippen LogP contribution in [0.5, 0.6) is 0 Å².